The van der Waals surface area contributed by atoms with Gasteiger partial charge < -0.3 is 5.32 Å². The second-order valence-corrected chi connectivity index (χ2v) is 5.45. The molecule has 2 rings (SSSR count). The molecule has 1 aliphatic carbocycles. The smallest absolute Gasteiger partial charge is 0.285 e. The van der Waals surface area contributed by atoms with Crippen LogP contribution in [0.5, 0.6) is 0 Å². The molecular weight excluding hydrogens is 246 g/mol. The van der Waals surface area contributed by atoms with Crippen LogP contribution in [0.2, 0.25) is 0 Å². The summed E-state index contributed by atoms with van der Waals surface area (Å²) < 4.78 is 27.8. The van der Waals surface area contributed by atoms with Crippen LogP contribution in [0.3, 0.4) is 0 Å². The van der Waals surface area contributed by atoms with Gasteiger partial charge in [0.25, 0.3) is 5.92 Å². The molecule has 0 aromatic heterocycles. The van der Waals surface area contributed by atoms with Crippen LogP contribution in [-0.2, 0) is 5.92 Å². The third-order valence-electron chi connectivity index (χ3n) is 3.80. The molecule has 1 aromatic carbocycles. The minimum absolute atomic E-state index is 0.0747. The van der Waals surface area contributed by atoms with Gasteiger partial charge in [0.05, 0.1) is 6.54 Å². The Bertz CT molecular complexity index is 390. The lowest BCUT2D eigenvalue weighted by Crippen LogP contribution is -2.42. The van der Waals surface area contributed by atoms with Gasteiger partial charge in [-0.3, -0.25) is 4.90 Å². The molecule has 19 heavy (non-hydrogen) atoms. The van der Waals surface area contributed by atoms with E-state index >= 15 is 0 Å². The van der Waals surface area contributed by atoms with Crippen LogP contribution in [0.1, 0.15) is 25.3 Å². The van der Waals surface area contributed by atoms with Crippen molar-refractivity contribution in [3.63, 3.8) is 0 Å². The third kappa shape index (κ3) is 3.98. The standard InChI is InChI=1S/C15H22F2N2/c1-12(19(2)14-8-9-14)10-18-11-15(16,17)13-6-4-3-5-7-13/h3-7,12,14,18H,8-11H2,1-2H3. The molecule has 2 nitrogen and oxygen atoms in total. The Morgan fingerprint density at radius 3 is 2.53 bits per heavy atom. The number of hydrogen-bond acceptors (Lipinski definition) is 2. The minimum Gasteiger partial charge on any atom is -0.309 e. The third-order valence-corrected chi connectivity index (χ3v) is 3.80. The fourth-order valence-corrected chi connectivity index (χ4v) is 2.21. The Kier molecular flexibility index (Phi) is 4.53. The van der Waals surface area contributed by atoms with Crippen molar-refractivity contribution in [2.75, 3.05) is 20.1 Å². The highest BCUT2D eigenvalue weighted by atomic mass is 19.3. The summed E-state index contributed by atoms with van der Waals surface area (Å²) in [6.07, 6.45) is 2.47. The van der Waals surface area contributed by atoms with E-state index in [1.807, 2.05) is 0 Å². The van der Waals surface area contributed by atoms with Crippen LogP contribution >= 0.6 is 0 Å². The van der Waals surface area contributed by atoms with E-state index in [1.54, 1.807) is 18.2 Å². The van der Waals surface area contributed by atoms with Crippen LogP contribution in [0, 0.1) is 0 Å². The van der Waals surface area contributed by atoms with Gasteiger partial charge in [0.15, 0.2) is 0 Å². The largest absolute Gasteiger partial charge is 0.309 e. The van der Waals surface area contributed by atoms with Crippen LogP contribution in [-0.4, -0.2) is 37.1 Å². The zero-order chi connectivity index (χ0) is 13.9. The number of nitrogens with one attached hydrogen (secondary N) is 1. The van der Waals surface area contributed by atoms with E-state index in [2.05, 4.69) is 24.2 Å². The number of likely N-dealkylation sites (N-methyl/N-ethyl adjacent to an activating group) is 1. The summed E-state index contributed by atoms with van der Waals surface area (Å²) in [5.74, 6) is -2.81. The SMILES string of the molecule is CC(CNCC(F)(F)c1ccccc1)N(C)C1CC1. The Morgan fingerprint density at radius 1 is 1.32 bits per heavy atom. The predicted octanol–water partition coefficient (Wildman–Crippen LogP) is 2.85. The Hall–Kier alpha value is -1.00. The molecule has 0 spiro atoms. The van der Waals surface area contributed by atoms with E-state index in [-0.39, 0.29) is 12.1 Å². The zero-order valence-corrected chi connectivity index (χ0v) is 11.6. The van der Waals surface area contributed by atoms with E-state index < -0.39 is 5.92 Å². The second-order valence-electron chi connectivity index (χ2n) is 5.45. The number of halogens is 2. The van der Waals surface area contributed by atoms with Gasteiger partial charge in [-0.1, -0.05) is 30.3 Å². The van der Waals surface area contributed by atoms with E-state index in [0.717, 1.165) is 0 Å². The van der Waals surface area contributed by atoms with Crippen molar-refractivity contribution < 1.29 is 8.78 Å². The summed E-state index contributed by atoms with van der Waals surface area (Å²) in [5.41, 5.74) is 0.0747. The molecule has 1 aliphatic rings. The fourth-order valence-electron chi connectivity index (χ4n) is 2.21. The molecule has 0 radical (unpaired) electrons. The summed E-state index contributed by atoms with van der Waals surface area (Å²) in [7, 11) is 2.07. The Labute approximate surface area is 113 Å². The summed E-state index contributed by atoms with van der Waals surface area (Å²) in [6.45, 7) is 2.36. The molecule has 1 saturated carbocycles. The summed E-state index contributed by atoms with van der Waals surface area (Å²) in [5, 5.41) is 2.90. The van der Waals surface area contributed by atoms with E-state index in [1.165, 1.54) is 25.0 Å². The topological polar surface area (TPSA) is 15.3 Å². The quantitative estimate of drug-likeness (QED) is 0.818. The molecule has 1 fully saturated rings. The summed E-state index contributed by atoms with van der Waals surface area (Å²) in [4.78, 5) is 2.27. The van der Waals surface area contributed by atoms with Gasteiger partial charge in [-0.2, -0.15) is 8.78 Å². The van der Waals surface area contributed by atoms with Crippen molar-refractivity contribution in [2.24, 2.45) is 0 Å². The van der Waals surface area contributed by atoms with Gasteiger partial charge in [0, 0.05) is 24.2 Å². The molecule has 0 bridgehead atoms. The predicted molar refractivity (Wildman–Crippen MR) is 73.5 cm³/mol. The first-order valence-electron chi connectivity index (χ1n) is 6.87. The van der Waals surface area contributed by atoms with Gasteiger partial charge in [-0.05, 0) is 26.8 Å². The number of rotatable bonds is 7. The van der Waals surface area contributed by atoms with E-state index in [4.69, 9.17) is 0 Å². The van der Waals surface area contributed by atoms with Crippen LogP contribution in [0.15, 0.2) is 30.3 Å². The lowest BCUT2D eigenvalue weighted by atomic mass is 10.1. The van der Waals surface area contributed by atoms with Crippen molar-refractivity contribution in [2.45, 2.75) is 37.8 Å². The molecule has 1 atom stereocenters. The van der Waals surface area contributed by atoms with Crippen LogP contribution in [0.25, 0.3) is 0 Å². The van der Waals surface area contributed by atoms with E-state index in [0.29, 0.717) is 18.6 Å². The average Bonchev–Trinajstić information content (AvgIpc) is 3.23. The maximum atomic E-state index is 13.9. The molecule has 106 valence electrons. The Morgan fingerprint density at radius 2 is 1.95 bits per heavy atom. The van der Waals surface area contributed by atoms with Crippen molar-refractivity contribution in [3.8, 4) is 0 Å². The average molecular weight is 268 g/mol. The van der Waals surface area contributed by atoms with Crippen LogP contribution < -0.4 is 5.32 Å². The Balaban J connectivity index is 1.78. The van der Waals surface area contributed by atoms with E-state index in [9.17, 15) is 8.78 Å². The number of nitrogens with zero attached hydrogens (tertiary/aromatic N) is 1. The first kappa shape index (κ1) is 14.4. The monoisotopic (exact) mass is 268 g/mol. The lowest BCUT2D eigenvalue weighted by molar-refractivity contribution is -0.00423. The first-order valence-corrected chi connectivity index (χ1v) is 6.87. The van der Waals surface area contributed by atoms with Crippen molar-refractivity contribution in [1.29, 1.82) is 0 Å². The minimum atomic E-state index is -2.81. The molecule has 0 aliphatic heterocycles. The molecular formula is C15H22F2N2. The normalized spacial score (nSPS) is 17.7. The number of benzene rings is 1. The maximum Gasteiger partial charge on any atom is 0.285 e. The van der Waals surface area contributed by atoms with Crippen molar-refractivity contribution in [1.82, 2.24) is 10.2 Å². The second kappa shape index (κ2) is 5.97. The van der Waals surface area contributed by atoms with Gasteiger partial charge >= 0.3 is 0 Å². The molecule has 1 aromatic rings. The molecule has 0 amide bonds. The molecule has 0 heterocycles. The van der Waals surface area contributed by atoms with Crippen molar-refractivity contribution in [3.05, 3.63) is 35.9 Å². The zero-order valence-electron chi connectivity index (χ0n) is 11.6. The molecule has 1 unspecified atom stereocenters. The van der Waals surface area contributed by atoms with Gasteiger partial charge in [0.1, 0.15) is 0 Å². The summed E-state index contributed by atoms with van der Waals surface area (Å²) >= 11 is 0. The number of alkyl halides is 2. The lowest BCUT2D eigenvalue weighted by Gasteiger charge is -2.26. The number of hydrogen-bond donors (Lipinski definition) is 1. The van der Waals surface area contributed by atoms with Gasteiger partial charge in [-0.25, -0.2) is 0 Å². The summed E-state index contributed by atoms with van der Waals surface area (Å²) in [6, 6.07) is 8.94. The van der Waals surface area contributed by atoms with Gasteiger partial charge in [0.2, 0.25) is 0 Å². The molecule has 1 N–H and O–H groups in total. The van der Waals surface area contributed by atoms with Gasteiger partial charge in [-0.15, -0.1) is 0 Å². The highest BCUT2D eigenvalue weighted by Crippen LogP contribution is 2.28. The first-order chi connectivity index (χ1) is 9.00. The molecule has 4 heteroatoms. The van der Waals surface area contributed by atoms with Crippen LogP contribution in [0.4, 0.5) is 8.78 Å². The maximum absolute atomic E-state index is 13.9. The highest BCUT2D eigenvalue weighted by molar-refractivity contribution is 5.20. The van der Waals surface area contributed by atoms with Crippen molar-refractivity contribution >= 4 is 0 Å². The highest BCUT2D eigenvalue weighted by Gasteiger charge is 2.32. The molecule has 0 saturated heterocycles. The fraction of sp³-hybridized carbons (Fsp3) is 0.600.